The number of hydrogen-bond donors (Lipinski definition) is 2. The van der Waals surface area contributed by atoms with Gasteiger partial charge in [-0.05, 0) is 24.3 Å². The van der Waals surface area contributed by atoms with Gasteiger partial charge in [0.1, 0.15) is 0 Å². The fourth-order valence-corrected chi connectivity index (χ4v) is 2.42. The molecule has 2 aromatic rings. The van der Waals surface area contributed by atoms with Crippen molar-refractivity contribution in [2.45, 2.75) is 5.03 Å². The zero-order valence-corrected chi connectivity index (χ0v) is 13.1. The molecule has 0 aliphatic rings. The van der Waals surface area contributed by atoms with Crippen LogP contribution >= 0.6 is 11.8 Å². The molecule has 1 heterocycles. The summed E-state index contributed by atoms with van der Waals surface area (Å²) in [6.07, 6.45) is 1.69. The molecule has 2 rings (SSSR count). The van der Waals surface area contributed by atoms with E-state index in [0.717, 1.165) is 10.7 Å². The standard InChI is InChI=1S/C15H16N4O3S/c20-14(11-23-15-3-1-2-8-18-15)17-10-9-16-12-4-6-13(7-5-12)19(21)22/h1-8,16H,9-11H2,(H,17,20). The predicted molar refractivity (Wildman–Crippen MR) is 89.6 cm³/mol. The van der Waals surface area contributed by atoms with Crippen LogP contribution in [-0.2, 0) is 4.79 Å². The van der Waals surface area contributed by atoms with E-state index in [1.165, 1.54) is 23.9 Å². The highest BCUT2D eigenvalue weighted by molar-refractivity contribution is 7.99. The number of carbonyl (C=O) groups is 1. The maximum Gasteiger partial charge on any atom is 0.269 e. The van der Waals surface area contributed by atoms with E-state index in [4.69, 9.17) is 0 Å². The molecule has 23 heavy (non-hydrogen) atoms. The van der Waals surface area contributed by atoms with Crippen molar-refractivity contribution in [2.24, 2.45) is 0 Å². The summed E-state index contributed by atoms with van der Waals surface area (Å²) in [5, 5.41) is 17.2. The summed E-state index contributed by atoms with van der Waals surface area (Å²) >= 11 is 1.38. The minimum Gasteiger partial charge on any atom is -0.383 e. The van der Waals surface area contributed by atoms with E-state index in [-0.39, 0.29) is 11.6 Å². The number of hydrogen-bond acceptors (Lipinski definition) is 6. The normalized spacial score (nSPS) is 10.1. The monoisotopic (exact) mass is 332 g/mol. The van der Waals surface area contributed by atoms with Gasteiger partial charge in [0, 0.05) is 37.1 Å². The van der Waals surface area contributed by atoms with Crippen LogP contribution in [0.25, 0.3) is 0 Å². The Hall–Kier alpha value is -2.61. The molecular weight excluding hydrogens is 316 g/mol. The van der Waals surface area contributed by atoms with Crippen molar-refractivity contribution in [1.29, 1.82) is 0 Å². The predicted octanol–water partition coefficient (Wildman–Crippen LogP) is 2.31. The summed E-state index contributed by atoms with van der Waals surface area (Å²) in [6.45, 7) is 1.01. The molecule has 120 valence electrons. The van der Waals surface area contributed by atoms with Crippen molar-refractivity contribution in [3.8, 4) is 0 Å². The summed E-state index contributed by atoms with van der Waals surface area (Å²) in [7, 11) is 0. The van der Waals surface area contributed by atoms with Crippen molar-refractivity contribution in [1.82, 2.24) is 10.3 Å². The zero-order chi connectivity index (χ0) is 16.5. The SMILES string of the molecule is O=C(CSc1ccccn1)NCCNc1ccc([N+](=O)[O-])cc1. The minimum absolute atomic E-state index is 0.0513. The summed E-state index contributed by atoms with van der Waals surface area (Å²) < 4.78 is 0. The average Bonchev–Trinajstić information content (AvgIpc) is 2.58. The second-order valence-electron chi connectivity index (χ2n) is 4.54. The third kappa shape index (κ3) is 5.95. The number of rotatable bonds is 8. The van der Waals surface area contributed by atoms with Crippen LogP contribution in [0.15, 0.2) is 53.7 Å². The third-order valence-electron chi connectivity index (χ3n) is 2.84. The second kappa shape index (κ2) is 8.74. The number of aromatic nitrogens is 1. The smallest absolute Gasteiger partial charge is 0.269 e. The van der Waals surface area contributed by atoms with Gasteiger partial charge >= 0.3 is 0 Å². The molecule has 0 saturated heterocycles. The van der Waals surface area contributed by atoms with Gasteiger partial charge in [0.05, 0.1) is 15.7 Å². The number of nitrogens with zero attached hydrogens (tertiary/aromatic N) is 2. The van der Waals surface area contributed by atoms with E-state index in [1.54, 1.807) is 18.3 Å². The first-order valence-electron chi connectivity index (χ1n) is 6.94. The van der Waals surface area contributed by atoms with Crippen molar-refractivity contribution < 1.29 is 9.72 Å². The lowest BCUT2D eigenvalue weighted by Crippen LogP contribution is -2.30. The van der Waals surface area contributed by atoms with Crippen LogP contribution in [-0.4, -0.2) is 34.7 Å². The zero-order valence-electron chi connectivity index (χ0n) is 12.3. The largest absolute Gasteiger partial charge is 0.383 e. The number of benzene rings is 1. The van der Waals surface area contributed by atoms with Crippen LogP contribution in [0, 0.1) is 10.1 Å². The Labute approximate surface area is 137 Å². The maximum absolute atomic E-state index is 11.7. The molecule has 0 atom stereocenters. The van der Waals surface area contributed by atoms with E-state index >= 15 is 0 Å². The van der Waals surface area contributed by atoms with Gasteiger partial charge < -0.3 is 10.6 Å². The Morgan fingerprint density at radius 1 is 1.17 bits per heavy atom. The van der Waals surface area contributed by atoms with Gasteiger partial charge in [-0.2, -0.15) is 0 Å². The lowest BCUT2D eigenvalue weighted by molar-refractivity contribution is -0.384. The topological polar surface area (TPSA) is 97.2 Å². The van der Waals surface area contributed by atoms with Gasteiger partial charge in [-0.15, -0.1) is 0 Å². The van der Waals surface area contributed by atoms with E-state index < -0.39 is 4.92 Å². The van der Waals surface area contributed by atoms with Crippen LogP contribution in [0.1, 0.15) is 0 Å². The van der Waals surface area contributed by atoms with Crippen molar-refractivity contribution >= 4 is 29.0 Å². The van der Waals surface area contributed by atoms with E-state index in [0.29, 0.717) is 18.8 Å². The number of nitrogens with one attached hydrogen (secondary N) is 2. The fourth-order valence-electron chi connectivity index (χ4n) is 1.73. The van der Waals surface area contributed by atoms with Gasteiger partial charge in [0.15, 0.2) is 0 Å². The Morgan fingerprint density at radius 2 is 1.96 bits per heavy atom. The van der Waals surface area contributed by atoms with Gasteiger partial charge in [0.25, 0.3) is 5.69 Å². The van der Waals surface area contributed by atoms with Crippen LogP contribution in [0.4, 0.5) is 11.4 Å². The molecule has 0 unspecified atom stereocenters. The van der Waals surface area contributed by atoms with E-state index in [2.05, 4.69) is 15.6 Å². The van der Waals surface area contributed by atoms with Crippen LogP contribution in [0.2, 0.25) is 0 Å². The Balaban J connectivity index is 1.63. The number of nitro groups is 1. The number of non-ortho nitro benzene ring substituents is 1. The number of anilines is 1. The van der Waals surface area contributed by atoms with Crippen molar-refractivity contribution in [3.05, 3.63) is 58.8 Å². The van der Waals surface area contributed by atoms with Gasteiger partial charge in [0.2, 0.25) is 5.91 Å². The molecule has 0 aliphatic carbocycles. The number of thioether (sulfide) groups is 1. The molecular formula is C15H16N4O3S. The van der Waals surface area contributed by atoms with Gasteiger partial charge in [-0.25, -0.2) is 4.98 Å². The quantitative estimate of drug-likeness (QED) is 0.333. The van der Waals surface area contributed by atoms with Gasteiger partial charge in [-0.1, -0.05) is 17.8 Å². The summed E-state index contributed by atoms with van der Waals surface area (Å²) in [5.74, 6) is 0.250. The molecule has 0 radical (unpaired) electrons. The van der Waals surface area contributed by atoms with Crippen molar-refractivity contribution in [3.63, 3.8) is 0 Å². The average molecular weight is 332 g/mol. The highest BCUT2D eigenvalue weighted by Gasteiger charge is 2.04. The molecule has 7 nitrogen and oxygen atoms in total. The summed E-state index contributed by atoms with van der Waals surface area (Å²) in [6, 6.07) is 11.7. The molecule has 8 heteroatoms. The van der Waals surface area contributed by atoms with Crippen LogP contribution in [0.5, 0.6) is 0 Å². The van der Waals surface area contributed by atoms with E-state index in [1.807, 2.05) is 18.2 Å². The number of carbonyl (C=O) groups excluding carboxylic acids is 1. The lowest BCUT2D eigenvalue weighted by Gasteiger charge is -2.07. The van der Waals surface area contributed by atoms with Crippen LogP contribution < -0.4 is 10.6 Å². The molecule has 0 aliphatic heterocycles. The number of amides is 1. The second-order valence-corrected chi connectivity index (χ2v) is 5.53. The highest BCUT2D eigenvalue weighted by Crippen LogP contribution is 2.15. The Kier molecular flexibility index (Phi) is 6.37. The molecule has 1 aromatic heterocycles. The van der Waals surface area contributed by atoms with Gasteiger partial charge in [-0.3, -0.25) is 14.9 Å². The van der Waals surface area contributed by atoms with Crippen LogP contribution in [0.3, 0.4) is 0 Å². The van der Waals surface area contributed by atoms with Crippen molar-refractivity contribution in [2.75, 3.05) is 24.2 Å². The molecule has 1 amide bonds. The molecule has 0 fully saturated rings. The van der Waals surface area contributed by atoms with E-state index in [9.17, 15) is 14.9 Å². The number of nitro benzene ring substituents is 1. The maximum atomic E-state index is 11.7. The molecule has 0 bridgehead atoms. The Bertz CT molecular complexity index is 650. The molecule has 0 saturated carbocycles. The third-order valence-corrected chi connectivity index (χ3v) is 3.79. The molecule has 0 spiro atoms. The highest BCUT2D eigenvalue weighted by atomic mass is 32.2. The number of pyridine rings is 1. The molecule has 2 N–H and O–H groups in total. The first-order valence-corrected chi connectivity index (χ1v) is 7.92. The Morgan fingerprint density at radius 3 is 2.61 bits per heavy atom. The lowest BCUT2D eigenvalue weighted by atomic mass is 10.3. The first kappa shape index (κ1) is 16.8. The summed E-state index contributed by atoms with van der Waals surface area (Å²) in [4.78, 5) is 25.9. The fraction of sp³-hybridized carbons (Fsp3) is 0.200. The minimum atomic E-state index is -0.441. The summed E-state index contributed by atoms with van der Waals surface area (Å²) in [5.41, 5.74) is 0.822. The molecule has 1 aromatic carbocycles. The first-order chi connectivity index (χ1) is 11.1.